The maximum Gasteiger partial charge on any atom is 0.308 e. The Balaban J connectivity index is -0.00000152. The molecule has 0 N–H and O–H groups in total. The van der Waals surface area contributed by atoms with E-state index in [9.17, 15) is 24.0 Å². The molecule has 0 aliphatic rings. The lowest BCUT2D eigenvalue weighted by Crippen LogP contribution is -2.16. The molecule has 0 aromatic carbocycles. The third-order valence-corrected chi connectivity index (χ3v) is 22.5. The van der Waals surface area contributed by atoms with Crippen LogP contribution in [0, 0.1) is 29.6 Å². The number of esters is 3. The van der Waals surface area contributed by atoms with Crippen LogP contribution in [0.3, 0.4) is 0 Å². The Labute approximate surface area is 632 Å². The lowest BCUT2D eigenvalue weighted by Gasteiger charge is -2.28. The molecule has 5 unspecified atom stereocenters. The Bertz CT molecular complexity index is 1580. The van der Waals surface area contributed by atoms with Crippen molar-refractivity contribution in [2.75, 3.05) is 21.3 Å². The summed E-state index contributed by atoms with van der Waals surface area (Å²) in [5.41, 5.74) is 0. The van der Waals surface area contributed by atoms with Gasteiger partial charge in [-0.15, -0.1) is 0 Å². The highest BCUT2D eigenvalue weighted by Crippen LogP contribution is 2.36. The second kappa shape index (κ2) is 86.7. The molecule has 0 saturated carbocycles. The molecule has 0 aromatic rings. The highest BCUT2D eigenvalue weighted by Gasteiger charge is 2.23. The Morgan fingerprint density at radius 1 is 0.198 bits per heavy atom. The average Bonchev–Trinajstić information content (AvgIpc) is 1.75. The van der Waals surface area contributed by atoms with Crippen molar-refractivity contribution in [1.82, 2.24) is 0 Å². The van der Waals surface area contributed by atoms with E-state index in [0.717, 1.165) is 87.9 Å². The van der Waals surface area contributed by atoms with Crippen molar-refractivity contribution in [3.8, 4) is 0 Å². The number of ether oxygens (including phenoxy) is 3. The number of methoxy groups -OCH3 is 3. The normalized spacial score (nSPS) is 12.8. The number of carbonyl (C=O) groups excluding carboxylic acids is 5. The van der Waals surface area contributed by atoms with Gasteiger partial charge in [-0.1, -0.05) is 440 Å². The van der Waals surface area contributed by atoms with Crippen LogP contribution in [0.2, 0.25) is 0 Å². The summed E-state index contributed by atoms with van der Waals surface area (Å²) in [7, 11) is 4.49. The van der Waals surface area contributed by atoms with E-state index >= 15 is 0 Å². The third-order valence-electron chi connectivity index (χ3n) is 22.5. The van der Waals surface area contributed by atoms with Crippen LogP contribution in [-0.2, 0) is 38.2 Å². The van der Waals surface area contributed by atoms with E-state index < -0.39 is 0 Å². The van der Waals surface area contributed by atoms with E-state index in [1.165, 1.54) is 407 Å². The Kier molecular flexibility index (Phi) is 88.3. The fourth-order valence-corrected chi connectivity index (χ4v) is 15.7. The van der Waals surface area contributed by atoms with Crippen molar-refractivity contribution in [2.45, 2.75) is 518 Å². The van der Waals surface area contributed by atoms with E-state index in [4.69, 9.17) is 14.2 Å². The molecule has 0 aliphatic carbocycles. The zero-order valence-corrected chi connectivity index (χ0v) is 70.6. The molecule has 101 heavy (non-hydrogen) atoms. The van der Waals surface area contributed by atoms with Crippen LogP contribution in [-0.4, -0.2) is 50.8 Å². The molecule has 0 fully saturated rings. The number of Topliss-reactive ketones (excluding diaryl/α,β-unsaturated/α-hetero) is 2. The van der Waals surface area contributed by atoms with Crippen LogP contribution >= 0.6 is 0 Å². The molecule has 0 amide bonds. The predicted octanol–water partition coefficient (Wildman–Crippen LogP) is 30.9. The van der Waals surface area contributed by atoms with E-state index in [2.05, 4.69) is 41.5 Å². The zero-order valence-electron chi connectivity index (χ0n) is 70.6. The summed E-state index contributed by atoms with van der Waals surface area (Å²) in [4.78, 5) is 57.0. The first-order valence-corrected chi connectivity index (χ1v) is 45.6. The number of unbranched alkanes of at least 4 members (excludes halogenated alkanes) is 48. The van der Waals surface area contributed by atoms with Gasteiger partial charge in [0.25, 0.3) is 0 Å². The van der Waals surface area contributed by atoms with Crippen LogP contribution in [0.25, 0.3) is 0 Å². The standard InChI is InChI=1S/C38H74O4.C38H74O2.C17H34O2/c1-5-7-9-11-13-17-23-29-35(31-25-19-15-21-27-33-37(39)41-3)36(30-24-18-14-12-10-8-6-2)32-26-20-16-22-28-34-38(40)42-4;1-5-7-9-11-13-19-25-31-37(33-27-21-15-17-23-29-35(3)39)38(32-26-20-14-12-10-8-6-2)34-28-22-16-18-24-30-36(4)40;1-4-6-8-10-11-13-15-16(17(18)19-3)14-12-9-7-5-2/h35-36H,5-34H2,1-4H3;37-38H,5-34H2,1-4H3;16H,4-15H2,1-3H3. The second-order valence-electron chi connectivity index (χ2n) is 32.1. The molecular formula is C93H182O8. The van der Waals surface area contributed by atoms with Gasteiger partial charge < -0.3 is 23.8 Å². The molecule has 602 valence electrons. The first-order valence-electron chi connectivity index (χ1n) is 45.6. The summed E-state index contributed by atoms with van der Waals surface area (Å²) >= 11 is 0. The van der Waals surface area contributed by atoms with Gasteiger partial charge in [0.15, 0.2) is 0 Å². The van der Waals surface area contributed by atoms with E-state index in [0.29, 0.717) is 24.4 Å². The van der Waals surface area contributed by atoms with Gasteiger partial charge >= 0.3 is 17.9 Å². The lowest BCUT2D eigenvalue weighted by molar-refractivity contribution is -0.146. The molecule has 0 bridgehead atoms. The second-order valence-corrected chi connectivity index (χ2v) is 32.1. The highest BCUT2D eigenvalue weighted by molar-refractivity contribution is 5.75. The van der Waals surface area contributed by atoms with Crippen molar-refractivity contribution in [1.29, 1.82) is 0 Å². The van der Waals surface area contributed by atoms with Gasteiger partial charge in [0.1, 0.15) is 11.6 Å². The van der Waals surface area contributed by atoms with Crippen molar-refractivity contribution in [3.05, 3.63) is 0 Å². The maximum absolute atomic E-state index is 11.7. The van der Waals surface area contributed by atoms with Crippen molar-refractivity contribution in [2.24, 2.45) is 29.6 Å². The van der Waals surface area contributed by atoms with E-state index in [-0.39, 0.29) is 23.8 Å². The minimum Gasteiger partial charge on any atom is -0.469 e. The quantitative estimate of drug-likeness (QED) is 0.0336. The van der Waals surface area contributed by atoms with E-state index in [1.807, 2.05) is 0 Å². The lowest BCUT2D eigenvalue weighted by atomic mass is 9.78. The Morgan fingerprint density at radius 3 is 0.535 bits per heavy atom. The van der Waals surface area contributed by atoms with E-state index in [1.54, 1.807) is 13.8 Å². The summed E-state index contributed by atoms with van der Waals surface area (Å²) < 4.78 is 14.5. The Hall–Kier alpha value is -2.25. The van der Waals surface area contributed by atoms with Crippen LogP contribution < -0.4 is 0 Å². The molecule has 0 aliphatic heterocycles. The molecule has 0 rings (SSSR count). The van der Waals surface area contributed by atoms with Crippen LogP contribution in [0.1, 0.15) is 518 Å². The zero-order chi connectivity index (χ0) is 74.8. The molecule has 0 spiro atoms. The molecule has 0 heterocycles. The van der Waals surface area contributed by atoms with Gasteiger partial charge in [-0.3, -0.25) is 14.4 Å². The Morgan fingerprint density at radius 2 is 0.356 bits per heavy atom. The van der Waals surface area contributed by atoms with Gasteiger partial charge in [0.05, 0.1) is 27.2 Å². The smallest absolute Gasteiger partial charge is 0.308 e. The van der Waals surface area contributed by atoms with Crippen molar-refractivity contribution < 1.29 is 38.2 Å². The number of hydrogen-bond donors (Lipinski definition) is 0. The molecule has 0 saturated heterocycles. The largest absolute Gasteiger partial charge is 0.469 e. The number of rotatable bonds is 79. The summed E-state index contributed by atoms with van der Waals surface area (Å²) in [5, 5.41) is 0. The maximum atomic E-state index is 11.7. The summed E-state index contributed by atoms with van der Waals surface area (Å²) in [5.74, 6) is 4.33. The molecular weight excluding hydrogens is 1250 g/mol. The molecule has 0 aromatic heterocycles. The van der Waals surface area contributed by atoms with Gasteiger partial charge in [-0.25, -0.2) is 0 Å². The van der Waals surface area contributed by atoms with Crippen molar-refractivity contribution >= 4 is 29.5 Å². The topological polar surface area (TPSA) is 113 Å². The number of ketones is 2. The first kappa shape index (κ1) is 103. The predicted molar refractivity (Wildman–Crippen MR) is 441 cm³/mol. The summed E-state index contributed by atoms with van der Waals surface area (Å²) in [6.45, 7) is 17.1. The third kappa shape index (κ3) is 80.1. The monoisotopic (exact) mass is 1430 g/mol. The molecule has 8 nitrogen and oxygen atoms in total. The van der Waals surface area contributed by atoms with Gasteiger partial charge in [-0.2, -0.15) is 0 Å². The summed E-state index contributed by atoms with van der Waals surface area (Å²) in [6.07, 6.45) is 93.0. The minimum absolute atomic E-state index is 0.00468. The molecule has 5 atom stereocenters. The summed E-state index contributed by atoms with van der Waals surface area (Å²) in [6, 6.07) is 0. The number of carbonyl (C=O) groups is 5. The van der Waals surface area contributed by atoms with Crippen LogP contribution in [0.4, 0.5) is 0 Å². The van der Waals surface area contributed by atoms with Crippen molar-refractivity contribution in [3.63, 3.8) is 0 Å². The molecule has 8 heteroatoms. The SMILES string of the molecule is CCCCCCCCC(CCCCCC)C(=O)OC.CCCCCCCCCC(CCCCCCCC(=O)OC)C(CCCCCCCCC)CCCCCCCC(=O)OC.CCCCCCCCCC(CCCCCCCC(C)=O)C(CCCCCCCCC)CCCCCCCC(C)=O. The number of hydrogen-bond acceptors (Lipinski definition) is 8. The minimum atomic E-state index is -0.0681. The van der Waals surface area contributed by atoms with Crippen LogP contribution in [0.15, 0.2) is 0 Å². The highest BCUT2D eigenvalue weighted by atomic mass is 16.5. The molecule has 0 radical (unpaired) electrons. The average molecular weight is 1430 g/mol. The van der Waals surface area contributed by atoms with Crippen LogP contribution in [0.5, 0.6) is 0 Å². The van der Waals surface area contributed by atoms with Gasteiger partial charge in [-0.05, 0) is 76.0 Å². The fraction of sp³-hybridized carbons (Fsp3) is 0.946. The van der Waals surface area contributed by atoms with Gasteiger partial charge in [0.2, 0.25) is 0 Å². The first-order chi connectivity index (χ1) is 49.3. The van der Waals surface area contributed by atoms with Gasteiger partial charge in [0, 0.05) is 25.7 Å². The fourth-order valence-electron chi connectivity index (χ4n) is 15.7.